The van der Waals surface area contributed by atoms with Crippen LogP contribution in [-0.2, 0) is 14.3 Å². The molecule has 0 radical (unpaired) electrons. The highest BCUT2D eigenvalue weighted by Gasteiger charge is 2.45. The predicted molar refractivity (Wildman–Crippen MR) is 82.0 cm³/mol. The minimum Gasteiger partial charge on any atom is -0.378 e. The summed E-state index contributed by atoms with van der Waals surface area (Å²) < 4.78 is 11.2. The Labute approximate surface area is 128 Å². The average molecular weight is 298 g/mol. The molecular formula is C16H30N2O3. The van der Waals surface area contributed by atoms with Crippen LogP contribution in [0.1, 0.15) is 46.5 Å². The van der Waals surface area contributed by atoms with Crippen molar-refractivity contribution < 1.29 is 14.3 Å². The van der Waals surface area contributed by atoms with E-state index in [0.717, 1.165) is 32.3 Å². The SMILES string of the molecule is CCCC1NC(CC(C)C)N(CC2(OC)CCOC2)C1=O. The number of hydrogen-bond acceptors (Lipinski definition) is 4. The molecule has 1 amide bonds. The normalized spacial score (nSPS) is 33.4. The van der Waals surface area contributed by atoms with Gasteiger partial charge in [0.2, 0.25) is 5.91 Å². The van der Waals surface area contributed by atoms with Gasteiger partial charge < -0.3 is 14.4 Å². The zero-order chi connectivity index (χ0) is 15.5. The van der Waals surface area contributed by atoms with Crippen molar-refractivity contribution in [3.05, 3.63) is 0 Å². The van der Waals surface area contributed by atoms with Crippen LogP contribution in [0.5, 0.6) is 0 Å². The summed E-state index contributed by atoms with van der Waals surface area (Å²) in [5.74, 6) is 0.780. The largest absolute Gasteiger partial charge is 0.378 e. The van der Waals surface area contributed by atoms with Gasteiger partial charge >= 0.3 is 0 Å². The second kappa shape index (κ2) is 7.07. The number of methoxy groups -OCH3 is 1. The fourth-order valence-corrected chi connectivity index (χ4v) is 3.32. The van der Waals surface area contributed by atoms with Crippen LogP contribution in [-0.4, -0.2) is 55.5 Å². The minimum absolute atomic E-state index is 0.0324. The first-order chi connectivity index (χ1) is 10.0. The summed E-state index contributed by atoms with van der Waals surface area (Å²) in [5.41, 5.74) is -0.326. The van der Waals surface area contributed by atoms with Crippen molar-refractivity contribution in [1.29, 1.82) is 0 Å². The Morgan fingerprint density at radius 1 is 1.52 bits per heavy atom. The van der Waals surface area contributed by atoms with Gasteiger partial charge in [-0.05, 0) is 18.8 Å². The fraction of sp³-hybridized carbons (Fsp3) is 0.938. The number of carbonyl (C=O) groups is 1. The van der Waals surface area contributed by atoms with Crippen molar-refractivity contribution in [3.8, 4) is 0 Å². The quantitative estimate of drug-likeness (QED) is 0.778. The number of hydrogen-bond donors (Lipinski definition) is 1. The van der Waals surface area contributed by atoms with Crippen LogP contribution in [0.4, 0.5) is 0 Å². The molecule has 0 saturated carbocycles. The third-order valence-corrected chi connectivity index (χ3v) is 4.58. The van der Waals surface area contributed by atoms with Gasteiger partial charge in [0, 0.05) is 20.1 Å². The van der Waals surface area contributed by atoms with Crippen molar-refractivity contribution in [3.63, 3.8) is 0 Å². The van der Waals surface area contributed by atoms with Gasteiger partial charge in [-0.3, -0.25) is 10.1 Å². The standard InChI is InChI=1S/C16H30N2O3/c1-5-6-13-15(19)18(14(17-13)9-12(2)3)10-16(20-4)7-8-21-11-16/h12-14,17H,5-11H2,1-4H3. The van der Waals surface area contributed by atoms with Crippen LogP contribution >= 0.6 is 0 Å². The Hall–Kier alpha value is -0.650. The molecule has 2 rings (SSSR count). The molecule has 5 heteroatoms. The van der Waals surface area contributed by atoms with E-state index < -0.39 is 0 Å². The summed E-state index contributed by atoms with van der Waals surface area (Å²) in [5, 5.41) is 3.52. The molecule has 3 unspecified atom stereocenters. The number of ether oxygens (including phenoxy) is 2. The molecule has 0 aliphatic carbocycles. The molecule has 0 aromatic rings. The van der Waals surface area contributed by atoms with Crippen LogP contribution in [0.2, 0.25) is 0 Å². The first-order valence-corrected chi connectivity index (χ1v) is 8.21. The van der Waals surface area contributed by atoms with Crippen molar-refractivity contribution in [1.82, 2.24) is 10.2 Å². The molecule has 2 aliphatic rings. The number of rotatable bonds is 7. The Morgan fingerprint density at radius 3 is 2.81 bits per heavy atom. The molecule has 2 saturated heterocycles. The smallest absolute Gasteiger partial charge is 0.241 e. The highest BCUT2D eigenvalue weighted by Crippen LogP contribution is 2.28. The van der Waals surface area contributed by atoms with E-state index in [1.165, 1.54) is 0 Å². The van der Waals surface area contributed by atoms with E-state index in [1.807, 2.05) is 4.90 Å². The summed E-state index contributed by atoms with van der Waals surface area (Å²) >= 11 is 0. The Kier molecular flexibility index (Phi) is 5.63. The van der Waals surface area contributed by atoms with Gasteiger partial charge in [-0.1, -0.05) is 27.2 Å². The van der Waals surface area contributed by atoms with Gasteiger partial charge in [0.1, 0.15) is 5.60 Å². The van der Waals surface area contributed by atoms with Crippen LogP contribution in [0.3, 0.4) is 0 Å². The monoisotopic (exact) mass is 298 g/mol. The molecule has 0 bridgehead atoms. The van der Waals surface area contributed by atoms with Crippen LogP contribution in [0.25, 0.3) is 0 Å². The zero-order valence-corrected chi connectivity index (χ0v) is 13.9. The minimum atomic E-state index is -0.326. The summed E-state index contributed by atoms with van der Waals surface area (Å²) in [6.45, 7) is 8.45. The second-order valence-corrected chi connectivity index (χ2v) is 6.81. The third kappa shape index (κ3) is 3.76. The highest BCUT2D eigenvalue weighted by atomic mass is 16.5. The molecule has 0 aromatic carbocycles. The van der Waals surface area contributed by atoms with Crippen LogP contribution < -0.4 is 5.32 Å². The third-order valence-electron chi connectivity index (χ3n) is 4.58. The van der Waals surface area contributed by atoms with Crippen LogP contribution in [0, 0.1) is 5.92 Å². The molecule has 5 nitrogen and oxygen atoms in total. The maximum atomic E-state index is 12.7. The lowest BCUT2D eigenvalue weighted by atomic mass is 10.0. The topological polar surface area (TPSA) is 50.8 Å². The highest BCUT2D eigenvalue weighted by molar-refractivity contribution is 5.84. The number of carbonyl (C=O) groups excluding carboxylic acids is 1. The van der Waals surface area contributed by atoms with Crippen molar-refractivity contribution in [2.45, 2.75) is 64.3 Å². The number of nitrogens with one attached hydrogen (secondary N) is 1. The summed E-state index contributed by atoms with van der Waals surface area (Å²) in [6.07, 6.45) is 3.89. The summed E-state index contributed by atoms with van der Waals surface area (Å²) in [6, 6.07) is -0.0324. The van der Waals surface area contributed by atoms with E-state index in [4.69, 9.17) is 9.47 Å². The maximum absolute atomic E-state index is 12.7. The Balaban J connectivity index is 2.10. The van der Waals surface area contributed by atoms with Gasteiger partial charge in [-0.25, -0.2) is 0 Å². The predicted octanol–water partition coefficient (Wildman–Crippen LogP) is 1.76. The molecule has 2 heterocycles. The van der Waals surface area contributed by atoms with Gasteiger partial charge in [-0.15, -0.1) is 0 Å². The summed E-state index contributed by atoms with van der Waals surface area (Å²) in [7, 11) is 1.73. The zero-order valence-electron chi connectivity index (χ0n) is 13.9. The van der Waals surface area contributed by atoms with E-state index in [1.54, 1.807) is 7.11 Å². The first kappa shape index (κ1) is 16.7. The van der Waals surface area contributed by atoms with Gasteiger partial charge in [0.25, 0.3) is 0 Å². The Bertz CT molecular complexity index is 353. The molecule has 0 aromatic heterocycles. The molecule has 2 aliphatic heterocycles. The molecule has 2 fully saturated rings. The van der Waals surface area contributed by atoms with E-state index in [9.17, 15) is 4.79 Å². The molecule has 0 spiro atoms. The van der Waals surface area contributed by atoms with Crippen molar-refractivity contribution in [2.24, 2.45) is 5.92 Å². The van der Waals surface area contributed by atoms with Crippen molar-refractivity contribution >= 4 is 5.91 Å². The molecule has 1 N–H and O–H groups in total. The lowest BCUT2D eigenvalue weighted by Crippen LogP contribution is -2.50. The molecule has 21 heavy (non-hydrogen) atoms. The van der Waals surface area contributed by atoms with Gasteiger partial charge in [-0.2, -0.15) is 0 Å². The lowest BCUT2D eigenvalue weighted by molar-refractivity contribution is -0.135. The first-order valence-electron chi connectivity index (χ1n) is 8.21. The van der Waals surface area contributed by atoms with E-state index in [2.05, 4.69) is 26.1 Å². The molecular weight excluding hydrogens is 268 g/mol. The molecule has 122 valence electrons. The maximum Gasteiger partial charge on any atom is 0.241 e. The van der Waals surface area contributed by atoms with Crippen molar-refractivity contribution in [2.75, 3.05) is 26.9 Å². The summed E-state index contributed by atoms with van der Waals surface area (Å²) in [4.78, 5) is 14.7. The number of nitrogens with zero attached hydrogens (tertiary/aromatic N) is 1. The lowest BCUT2D eigenvalue weighted by Gasteiger charge is -2.34. The number of amides is 1. The van der Waals surface area contributed by atoms with Crippen LogP contribution in [0.15, 0.2) is 0 Å². The van der Waals surface area contributed by atoms with E-state index in [-0.39, 0.29) is 23.7 Å². The fourth-order valence-electron chi connectivity index (χ4n) is 3.32. The van der Waals surface area contributed by atoms with Gasteiger partial charge in [0.05, 0.1) is 25.4 Å². The van der Waals surface area contributed by atoms with E-state index >= 15 is 0 Å². The van der Waals surface area contributed by atoms with Gasteiger partial charge in [0.15, 0.2) is 0 Å². The average Bonchev–Trinajstić information content (AvgIpc) is 3.01. The van der Waals surface area contributed by atoms with E-state index in [0.29, 0.717) is 19.1 Å². The second-order valence-electron chi connectivity index (χ2n) is 6.81. The molecule has 3 atom stereocenters. The Morgan fingerprint density at radius 2 is 2.29 bits per heavy atom.